The van der Waals surface area contributed by atoms with Gasteiger partial charge < -0.3 is 4.74 Å². The van der Waals surface area contributed by atoms with Crippen LogP contribution in [0.25, 0.3) is 10.6 Å². The van der Waals surface area contributed by atoms with E-state index in [1.54, 1.807) is 6.92 Å². The number of carbonyl (C=O) groups is 1. The van der Waals surface area contributed by atoms with E-state index in [4.69, 9.17) is 10.6 Å². The van der Waals surface area contributed by atoms with Crippen molar-refractivity contribution in [2.75, 3.05) is 12.0 Å². The third-order valence-corrected chi connectivity index (χ3v) is 3.04. The molecule has 2 aromatic heterocycles. The Kier molecular flexibility index (Phi) is 3.85. The summed E-state index contributed by atoms with van der Waals surface area (Å²) in [5.41, 5.74) is 3.21. The molecule has 2 heterocycles. The molecule has 0 aliphatic carbocycles. The average molecular weight is 264 g/mol. The maximum atomic E-state index is 11.8. The van der Waals surface area contributed by atoms with Gasteiger partial charge in [0.25, 0.3) is 0 Å². The number of esters is 1. The van der Waals surface area contributed by atoms with Crippen LogP contribution in [-0.2, 0) is 4.74 Å². The van der Waals surface area contributed by atoms with Gasteiger partial charge in [0.15, 0.2) is 0 Å². The average Bonchev–Trinajstić information content (AvgIpc) is 2.92. The summed E-state index contributed by atoms with van der Waals surface area (Å²) in [6.07, 6.45) is 1.41. The molecule has 0 unspecified atom stereocenters. The Labute approximate surface area is 108 Å². The summed E-state index contributed by atoms with van der Waals surface area (Å²) >= 11 is 1.48. The van der Waals surface area contributed by atoms with E-state index in [9.17, 15) is 4.79 Å². The molecule has 0 aliphatic heterocycles. The Bertz CT molecular complexity index is 542. The van der Waals surface area contributed by atoms with Crippen LogP contribution in [0.1, 0.15) is 17.3 Å². The second-order valence-corrected chi connectivity index (χ2v) is 4.25. The van der Waals surface area contributed by atoms with Gasteiger partial charge in [-0.05, 0) is 18.4 Å². The molecular weight excluding hydrogens is 252 g/mol. The number of aromatic nitrogens is 2. The van der Waals surface area contributed by atoms with Crippen molar-refractivity contribution in [2.24, 2.45) is 5.84 Å². The lowest BCUT2D eigenvalue weighted by molar-refractivity contribution is 0.0526. The van der Waals surface area contributed by atoms with Crippen molar-refractivity contribution in [3.63, 3.8) is 0 Å². The lowest BCUT2D eigenvalue weighted by Gasteiger charge is -2.07. The molecule has 18 heavy (non-hydrogen) atoms. The van der Waals surface area contributed by atoms with Crippen LogP contribution in [0, 0.1) is 0 Å². The molecule has 2 aromatic rings. The fourth-order valence-corrected chi connectivity index (χ4v) is 2.14. The number of rotatable bonds is 4. The summed E-state index contributed by atoms with van der Waals surface area (Å²) < 4.78 is 4.97. The van der Waals surface area contributed by atoms with Crippen LogP contribution in [0.2, 0.25) is 0 Å². The largest absolute Gasteiger partial charge is 0.462 e. The molecule has 0 fully saturated rings. The molecule has 0 saturated carbocycles. The smallest absolute Gasteiger partial charge is 0.341 e. The lowest BCUT2D eigenvalue weighted by Crippen LogP contribution is -2.14. The van der Waals surface area contributed by atoms with Crippen LogP contribution in [-0.4, -0.2) is 22.5 Å². The zero-order valence-corrected chi connectivity index (χ0v) is 10.5. The molecule has 0 saturated heterocycles. The molecule has 0 atom stereocenters. The van der Waals surface area contributed by atoms with Gasteiger partial charge in [-0.25, -0.2) is 20.6 Å². The summed E-state index contributed by atoms with van der Waals surface area (Å²) in [5, 5.41) is 1.90. The van der Waals surface area contributed by atoms with Crippen molar-refractivity contribution in [1.29, 1.82) is 0 Å². The van der Waals surface area contributed by atoms with Gasteiger partial charge in [-0.3, -0.25) is 5.43 Å². The molecule has 2 rings (SSSR count). The first-order chi connectivity index (χ1) is 8.76. The quantitative estimate of drug-likeness (QED) is 0.496. The van der Waals surface area contributed by atoms with Gasteiger partial charge in [0.1, 0.15) is 11.3 Å². The van der Waals surface area contributed by atoms with Gasteiger partial charge in [0.2, 0.25) is 5.95 Å². The number of hydrazine groups is 1. The number of anilines is 1. The Morgan fingerprint density at radius 2 is 2.44 bits per heavy atom. The normalized spacial score (nSPS) is 10.1. The number of hydrogen-bond acceptors (Lipinski definition) is 7. The number of thiophene rings is 1. The highest BCUT2D eigenvalue weighted by Crippen LogP contribution is 2.27. The topological polar surface area (TPSA) is 90.1 Å². The number of nitrogens with two attached hydrogens (primary N) is 1. The van der Waals surface area contributed by atoms with E-state index in [1.165, 1.54) is 17.5 Å². The first kappa shape index (κ1) is 12.5. The minimum Gasteiger partial charge on any atom is -0.462 e. The van der Waals surface area contributed by atoms with E-state index in [1.807, 2.05) is 17.5 Å². The monoisotopic (exact) mass is 264 g/mol. The highest BCUT2D eigenvalue weighted by molar-refractivity contribution is 7.13. The Morgan fingerprint density at radius 3 is 3.06 bits per heavy atom. The maximum absolute atomic E-state index is 11.8. The molecule has 0 spiro atoms. The molecule has 7 heteroatoms. The van der Waals surface area contributed by atoms with Crippen LogP contribution in [0.3, 0.4) is 0 Å². The van der Waals surface area contributed by atoms with Crippen molar-refractivity contribution >= 4 is 23.3 Å². The lowest BCUT2D eigenvalue weighted by atomic mass is 10.2. The van der Waals surface area contributed by atoms with E-state index in [-0.39, 0.29) is 5.95 Å². The number of carbonyl (C=O) groups excluding carboxylic acids is 1. The Hall–Kier alpha value is -1.99. The summed E-state index contributed by atoms with van der Waals surface area (Å²) in [5.74, 6) is 5.08. The molecule has 0 aromatic carbocycles. The summed E-state index contributed by atoms with van der Waals surface area (Å²) in [6.45, 7) is 2.05. The molecule has 3 N–H and O–H groups in total. The predicted octanol–water partition coefficient (Wildman–Crippen LogP) is 1.67. The molecule has 0 aliphatic rings. The van der Waals surface area contributed by atoms with E-state index in [2.05, 4.69) is 15.4 Å². The fraction of sp³-hybridized carbons (Fsp3) is 0.182. The number of nitrogens with zero attached hydrogens (tertiary/aromatic N) is 2. The maximum Gasteiger partial charge on any atom is 0.341 e. The Morgan fingerprint density at radius 1 is 1.61 bits per heavy atom. The van der Waals surface area contributed by atoms with E-state index in [0.29, 0.717) is 17.9 Å². The predicted molar refractivity (Wildman–Crippen MR) is 69.1 cm³/mol. The number of nitrogens with one attached hydrogen (secondary N) is 1. The molecular formula is C11H12N4O2S. The molecule has 6 nitrogen and oxygen atoms in total. The number of nitrogen functional groups attached to an aromatic ring is 1. The van der Waals surface area contributed by atoms with Crippen LogP contribution in [0.5, 0.6) is 0 Å². The Balaban J connectivity index is 2.49. The zero-order chi connectivity index (χ0) is 13.0. The SMILES string of the molecule is CCOC(=O)c1cnc(NN)nc1-c1cccs1. The van der Waals surface area contributed by atoms with Crippen molar-refractivity contribution in [1.82, 2.24) is 9.97 Å². The van der Waals surface area contributed by atoms with Gasteiger partial charge in [0, 0.05) is 6.20 Å². The van der Waals surface area contributed by atoms with Gasteiger partial charge in [-0.15, -0.1) is 11.3 Å². The highest BCUT2D eigenvalue weighted by Gasteiger charge is 2.17. The first-order valence-corrected chi connectivity index (χ1v) is 6.19. The number of hydrogen-bond donors (Lipinski definition) is 2. The minimum atomic E-state index is -0.440. The fourth-order valence-electron chi connectivity index (χ4n) is 1.41. The van der Waals surface area contributed by atoms with Crippen LogP contribution in [0.4, 0.5) is 5.95 Å². The van der Waals surface area contributed by atoms with Crippen molar-refractivity contribution < 1.29 is 9.53 Å². The second-order valence-electron chi connectivity index (χ2n) is 3.30. The van der Waals surface area contributed by atoms with Crippen molar-refractivity contribution in [3.8, 4) is 10.6 Å². The van der Waals surface area contributed by atoms with Crippen molar-refractivity contribution in [2.45, 2.75) is 6.92 Å². The van der Waals surface area contributed by atoms with Crippen LogP contribution >= 0.6 is 11.3 Å². The van der Waals surface area contributed by atoms with Gasteiger partial charge >= 0.3 is 5.97 Å². The van der Waals surface area contributed by atoms with Gasteiger partial charge in [0.05, 0.1) is 11.5 Å². The highest BCUT2D eigenvalue weighted by atomic mass is 32.1. The standard InChI is InChI=1S/C11H12N4O2S/c1-2-17-10(16)7-6-13-11(15-12)14-9(7)8-4-3-5-18-8/h3-6H,2,12H2,1H3,(H,13,14,15). The molecule has 0 amide bonds. The van der Waals surface area contributed by atoms with Crippen LogP contribution < -0.4 is 11.3 Å². The summed E-state index contributed by atoms with van der Waals surface area (Å²) in [6, 6.07) is 3.75. The third kappa shape index (κ3) is 2.47. The van der Waals surface area contributed by atoms with Crippen molar-refractivity contribution in [3.05, 3.63) is 29.3 Å². The third-order valence-electron chi connectivity index (χ3n) is 2.17. The molecule has 94 valence electrons. The van der Waals surface area contributed by atoms with E-state index >= 15 is 0 Å². The summed E-state index contributed by atoms with van der Waals surface area (Å²) in [7, 11) is 0. The zero-order valence-electron chi connectivity index (χ0n) is 9.71. The minimum absolute atomic E-state index is 0.256. The van der Waals surface area contributed by atoms with E-state index < -0.39 is 5.97 Å². The summed E-state index contributed by atoms with van der Waals surface area (Å²) in [4.78, 5) is 20.8. The molecule has 0 bridgehead atoms. The van der Waals surface area contributed by atoms with Crippen LogP contribution in [0.15, 0.2) is 23.7 Å². The molecule has 0 radical (unpaired) electrons. The first-order valence-electron chi connectivity index (χ1n) is 5.31. The van der Waals surface area contributed by atoms with E-state index in [0.717, 1.165) is 4.88 Å². The number of ether oxygens (including phenoxy) is 1. The van der Waals surface area contributed by atoms with Gasteiger partial charge in [-0.1, -0.05) is 6.07 Å². The second kappa shape index (κ2) is 5.56. The van der Waals surface area contributed by atoms with Gasteiger partial charge in [-0.2, -0.15) is 0 Å².